The van der Waals surface area contributed by atoms with Crippen LogP contribution in [-0.4, -0.2) is 45.0 Å². The second-order valence-electron chi connectivity index (χ2n) is 6.67. The summed E-state index contributed by atoms with van der Waals surface area (Å²) in [6.07, 6.45) is 0.615. The van der Waals surface area contributed by atoms with Gasteiger partial charge >= 0.3 is 5.97 Å². The van der Waals surface area contributed by atoms with Crippen molar-refractivity contribution in [2.75, 3.05) is 18.0 Å². The van der Waals surface area contributed by atoms with E-state index in [9.17, 15) is 13.6 Å². The number of para-hydroxylation sites is 1. The molecule has 1 unspecified atom stereocenters. The molecule has 4 rings (SSSR count). The van der Waals surface area contributed by atoms with Crippen molar-refractivity contribution >= 4 is 33.7 Å². The van der Waals surface area contributed by atoms with Crippen LogP contribution in [0.3, 0.4) is 0 Å². The molecule has 0 amide bonds. The number of carboxylic acids is 1. The van der Waals surface area contributed by atoms with Crippen molar-refractivity contribution in [2.45, 2.75) is 25.2 Å². The van der Waals surface area contributed by atoms with Crippen LogP contribution in [0.4, 0.5) is 14.6 Å². The molecule has 2 N–H and O–H groups in total. The number of fused-ring (bicyclic) bond motifs is 3. The first-order valence-corrected chi connectivity index (χ1v) is 8.51. The maximum atomic E-state index is 14.4. The van der Waals surface area contributed by atoms with Crippen molar-refractivity contribution in [3.05, 3.63) is 30.6 Å². The summed E-state index contributed by atoms with van der Waals surface area (Å²) in [5.74, 6) is -4.74. The first kappa shape index (κ1) is 16.7. The summed E-state index contributed by atoms with van der Waals surface area (Å²) in [6, 6.07) is 7.70. The molecule has 1 fully saturated rings. The highest BCUT2D eigenvalue weighted by atomic mass is 19.3. The Hall–Kier alpha value is -2.77. The summed E-state index contributed by atoms with van der Waals surface area (Å²) in [6.45, 7) is 0.452. The number of aliphatic carboxylic acids is 1. The second kappa shape index (κ2) is 6.19. The summed E-state index contributed by atoms with van der Waals surface area (Å²) in [7, 11) is 0. The molecule has 1 atom stereocenters. The van der Waals surface area contributed by atoms with Crippen molar-refractivity contribution < 1.29 is 18.7 Å². The van der Waals surface area contributed by atoms with Crippen LogP contribution in [0.15, 0.2) is 30.6 Å². The Balaban J connectivity index is 1.73. The highest BCUT2D eigenvalue weighted by Gasteiger charge is 2.43. The van der Waals surface area contributed by atoms with Crippen LogP contribution in [0.5, 0.6) is 0 Å². The molecule has 1 aromatic carbocycles. The van der Waals surface area contributed by atoms with E-state index in [4.69, 9.17) is 5.11 Å². The fraction of sp³-hybridized carbons (Fsp3) is 0.389. The van der Waals surface area contributed by atoms with Crippen molar-refractivity contribution in [3.63, 3.8) is 0 Å². The van der Waals surface area contributed by atoms with E-state index >= 15 is 0 Å². The van der Waals surface area contributed by atoms with E-state index in [0.29, 0.717) is 18.0 Å². The number of nitrogens with zero attached hydrogens (tertiary/aromatic N) is 3. The number of aromatic nitrogens is 3. The third-order valence-electron chi connectivity index (χ3n) is 5.06. The maximum absolute atomic E-state index is 14.4. The van der Waals surface area contributed by atoms with E-state index in [0.717, 1.165) is 16.3 Å². The first-order valence-electron chi connectivity index (χ1n) is 8.51. The first-order chi connectivity index (χ1) is 12.5. The van der Waals surface area contributed by atoms with Gasteiger partial charge in [0.2, 0.25) is 0 Å². The number of hydrogen-bond acceptors (Lipinski definition) is 4. The lowest BCUT2D eigenvalue weighted by Gasteiger charge is -2.22. The van der Waals surface area contributed by atoms with Gasteiger partial charge in [-0.05, 0) is 12.5 Å². The van der Waals surface area contributed by atoms with Crippen LogP contribution in [0, 0.1) is 5.92 Å². The Bertz CT molecular complexity index is 972. The molecule has 136 valence electrons. The summed E-state index contributed by atoms with van der Waals surface area (Å²) in [4.78, 5) is 24.6. The lowest BCUT2D eigenvalue weighted by Crippen LogP contribution is -2.30. The van der Waals surface area contributed by atoms with Crippen molar-refractivity contribution in [2.24, 2.45) is 5.92 Å². The Morgan fingerprint density at radius 3 is 2.92 bits per heavy atom. The summed E-state index contributed by atoms with van der Waals surface area (Å²) >= 11 is 0. The number of nitrogens with one attached hydrogen (secondary N) is 1. The van der Waals surface area contributed by atoms with Crippen molar-refractivity contribution in [3.8, 4) is 0 Å². The van der Waals surface area contributed by atoms with Crippen LogP contribution < -0.4 is 4.90 Å². The number of H-pyrrole nitrogens is 1. The average molecular weight is 360 g/mol. The van der Waals surface area contributed by atoms with Gasteiger partial charge in [0.1, 0.15) is 17.8 Å². The number of benzene rings is 1. The Morgan fingerprint density at radius 2 is 2.12 bits per heavy atom. The van der Waals surface area contributed by atoms with E-state index in [1.807, 2.05) is 29.2 Å². The molecular formula is C18H18F2N4O2. The second-order valence-corrected chi connectivity index (χ2v) is 6.67. The Morgan fingerprint density at radius 1 is 1.31 bits per heavy atom. The molecular weight excluding hydrogens is 342 g/mol. The molecule has 26 heavy (non-hydrogen) atoms. The number of halogens is 2. The number of rotatable bonds is 3. The number of carboxylic acid groups (broad SMARTS) is 1. The molecule has 1 saturated heterocycles. The lowest BCUT2D eigenvalue weighted by atomic mass is 9.93. The van der Waals surface area contributed by atoms with Crippen LogP contribution in [0.25, 0.3) is 21.9 Å². The van der Waals surface area contributed by atoms with Gasteiger partial charge in [-0.25, -0.2) is 18.7 Å². The van der Waals surface area contributed by atoms with Gasteiger partial charge in [-0.15, -0.1) is 0 Å². The standard InChI is InChI=1S/C18H18F2N4O2/c19-18(20)6-8-24(7-5-11(18)9-14(25)26)17-15-12-3-1-2-4-13(12)23-16(15)21-10-22-17/h1-4,10-11H,5-9H2,(H,25,26)(H,21,22,23). The number of alkyl halides is 2. The minimum Gasteiger partial charge on any atom is -0.481 e. The zero-order valence-corrected chi connectivity index (χ0v) is 14.0. The number of anilines is 1. The molecule has 0 aliphatic carbocycles. The monoisotopic (exact) mass is 360 g/mol. The van der Waals surface area contributed by atoms with Gasteiger partial charge in [0.15, 0.2) is 0 Å². The molecule has 0 bridgehead atoms. The molecule has 1 aliphatic heterocycles. The lowest BCUT2D eigenvalue weighted by molar-refractivity contribution is -0.143. The largest absolute Gasteiger partial charge is 0.481 e. The minimum atomic E-state index is -3.00. The zero-order chi connectivity index (χ0) is 18.3. The predicted molar refractivity (Wildman–Crippen MR) is 93.5 cm³/mol. The average Bonchev–Trinajstić information content (AvgIpc) is 2.92. The van der Waals surface area contributed by atoms with Gasteiger partial charge in [-0.2, -0.15) is 0 Å². The summed E-state index contributed by atoms with van der Waals surface area (Å²) in [5.41, 5.74) is 1.57. The molecule has 8 heteroatoms. The van der Waals surface area contributed by atoms with Gasteiger partial charge in [0.25, 0.3) is 5.92 Å². The van der Waals surface area contributed by atoms with Crippen LogP contribution >= 0.6 is 0 Å². The van der Waals surface area contributed by atoms with Gasteiger partial charge in [-0.3, -0.25) is 4.79 Å². The van der Waals surface area contributed by atoms with Crippen LogP contribution in [0.1, 0.15) is 19.3 Å². The predicted octanol–water partition coefficient (Wildman–Crippen LogP) is 3.44. The molecule has 0 saturated carbocycles. The van der Waals surface area contributed by atoms with Gasteiger partial charge in [-0.1, -0.05) is 18.2 Å². The highest BCUT2D eigenvalue weighted by Crippen LogP contribution is 2.38. The molecule has 0 spiro atoms. The smallest absolute Gasteiger partial charge is 0.303 e. The van der Waals surface area contributed by atoms with Crippen molar-refractivity contribution in [1.29, 1.82) is 0 Å². The fourth-order valence-electron chi connectivity index (χ4n) is 3.69. The molecule has 3 aromatic rings. The molecule has 2 aromatic heterocycles. The number of carbonyl (C=O) groups is 1. The van der Waals surface area contributed by atoms with Gasteiger partial charge < -0.3 is 15.0 Å². The third kappa shape index (κ3) is 2.85. The van der Waals surface area contributed by atoms with E-state index < -0.39 is 30.7 Å². The van der Waals surface area contributed by atoms with Crippen molar-refractivity contribution in [1.82, 2.24) is 15.0 Å². The Kier molecular flexibility index (Phi) is 3.97. The molecule has 1 aliphatic rings. The maximum Gasteiger partial charge on any atom is 0.303 e. The summed E-state index contributed by atoms with van der Waals surface area (Å²) < 4.78 is 28.7. The van der Waals surface area contributed by atoms with Gasteiger partial charge in [0, 0.05) is 36.3 Å². The van der Waals surface area contributed by atoms with E-state index in [1.165, 1.54) is 6.33 Å². The van der Waals surface area contributed by atoms with Crippen LogP contribution in [-0.2, 0) is 4.79 Å². The van der Waals surface area contributed by atoms with Crippen LogP contribution in [0.2, 0.25) is 0 Å². The minimum absolute atomic E-state index is 0.104. The summed E-state index contributed by atoms with van der Waals surface area (Å²) in [5, 5.41) is 10.7. The Labute approximate surface area is 147 Å². The molecule has 0 radical (unpaired) electrons. The zero-order valence-electron chi connectivity index (χ0n) is 14.0. The normalized spacial score (nSPS) is 20.4. The van der Waals surface area contributed by atoms with Gasteiger partial charge in [0.05, 0.1) is 11.8 Å². The number of hydrogen-bond donors (Lipinski definition) is 2. The third-order valence-corrected chi connectivity index (χ3v) is 5.06. The SMILES string of the molecule is O=C(O)CC1CCN(c2ncnc3[nH]c4ccccc4c23)CCC1(F)F. The van der Waals surface area contributed by atoms with E-state index in [2.05, 4.69) is 15.0 Å². The highest BCUT2D eigenvalue weighted by molar-refractivity contribution is 6.11. The van der Waals surface area contributed by atoms with E-state index in [-0.39, 0.29) is 13.0 Å². The molecule has 6 nitrogen and oxygen atoms in total. The number of aromatic amines is 1. The fourth-order valence-corrected chi connectivity index (χ4v) is 3.69. The van der Waals surface area contributed by atoms with E-state index in [1.54, 1.807) is 0 Å². The topological polar surface area (TPSA) is 82.1 Å². The molecule has 3 heterocycles. The quantitative estimate of drug-likeness (QED) is 0.748.